The molecule has 0 atom stereocenters. The Hall–Kier alpha value is -0.970. The molecule has 0 aliphatic heterocycles. The van der Waals surface area contributed by atoms with Crippen molar-refractivity contribution in [3.63, 3.8) is 0 Å². The molecule has 0 aromatic rings. The Balaban J connectivity index is 4.41. The summed E-state index contributed by atoms with van der Waals surface area (Å²) in [5, 5.41) is 0. The predicted molar refractivity (Wildman–Crippen MR) is 55.8 cm³/mol. The van der Waals surface area contributed by atoms with Gasteiger partial charge in [0, 0.05) is 6.54 Å². The number of carbonyl (C=O) groups is 2. The molecule has 0 saturated heterocycles. The maximum absolute atomic E-state index is 11.5. The Morgan fingerprint density at radius 3 is 2.13 bits per heavy atom. The van der Waals surface area contributed by atoms with Crippen LogP contribution < -0.4 is 0 Å². The van der Waals surface area contributed by atoms with Crippen molar-refractivity contribution in [1.82, 2.24) is 4.90 Å². The van der Waals surface area contributed by atoms with Gasteiger partial charge in [-0.25, -0.2) is 14.5 Å². The minimum Gasteiger partial charge on any atom is -0.443 e. The molecular weight excluding hydrogens is 222 g/mol. The molecular formula is C9H16ClNO4. The van der Waals surface area contributed by atoms with E-state index >= 15 is 0 Å². The molecule has 0 aliphatic carbocycles. The number of ether oxygens (including phenoxy) is 2. The third-order valence-corrected chi connectivity index (χ3v) is 1.44. The molecule has 5 nitrogen and oxygen atoms in total. The van der Waals surface area contributed by atoms with Crippen LogP contribution in [0.4, 0.5) is 9.59 Å². The molecule has 0 bridgehead atoms. The zero-order valence-electron chi connectivity index (χ0n) is 9.37. The van der Waals surface area contributed by atoms with Crippen molar-refractivity contribution in [3.8, 4) is 0 Å². The molecule has 0 spiro atoms. The van der Waals surface area contributed by atoms with E-state index in [-0.39, 0.29) is 12.6 Å². The molecule has 0 aliphatic rings. The number of carbonyl (C=O) groups excluding carboxylic acids is 2. The average molecular weight is 238 g/mol. The van der Waals surface area contributed by atoms with Gasteiger partial charge < -0.3 is 9.47 Å². The van der Waals surface area contributed by atoms with Gasteiger partial charge in [-0.3, -0.25) is 0 Å². The monoisotopic (exact) mass is 237 g/mol. The van der Waals surface area contributed by atoms with Gasteiger partial charge in [0.15, 0.2) is 6.07 Å². The van der Waals surface area contributed by atoms with Crippen molar-refractivity contribution in [1.29, 1.82) is 0 Å². The number of alkyl halides is 1. The summed E-state index contributed by atoms with van der Waals surface area (Å²) in [4.78, 5) is 23.5. The van der Waals surface area contributed by atoms with E-state index in [2.05, 4.69) is 4.74 Å². The lowest BCUT2D eigenvalue weighted by Crippen LogP contribution is -2.40. The topological polar surface area (TPSA) is 55.8 Å². The van der Waals surface area contributed by atoms with Gasteiger partial charge in [-0.2, -0.15) is 0 Å². The van der Waals surface area contributed by atoms with Crippen molar-refractivity contribution >= 4 is 23.8 Å². The van der Waals surface area contributed by atoms with Crippen LogP contribution >= 0.6 is 11.6 Å². The second kappa shape index (κ2) is 5.80. The van der Waals surface area contributed by atoms with E-state index in [4.69, 9.17) is 16.3 Å². The number of hydrogen-bond donors (Lipinski definition) is 0. The molecule has 0 aromatic heterocycles. The molecule has 0 fully saturated rings. The van der Waals surface area contributed by atoms with E-state index in [0.717, 1.165) is 4.90 Å². The molecule has 0 aromatic carbocycles. The first-order valence-corrected chi connectivity index (χ1v) is 5.08. The zero-order chi connectivity index (χ0) is 12.1. The predicted octanol–water partition coefficient (Wildman–Crippen LogP) is 2.58. The van der Waals surface area contributed by atoms with E-state index in [1.807, 2.05) is 0 Å². The van der Waals surface area contributed by atoms with Crippen LogP contribution in [0.25, 0.3) is 0 Å². The fourth-order valence-electron chi connectivity index (χ4n) is 0.774. The fourth-order valence-corrected chi connectivity index (χ4v) is 0.868. The number of hydrogen-bond acceptors (Lipinski definition) is 4. The highest BCUT2D eigenvalue weighted by Gasteiger charge is 2.26. The highest BCUT2D eigenvalue weighted by atomic mass is 35.5. The molecule has 6 heteroatoms. The molecule has 0 rings (SSSR count). The van der Waals surface area contributed by atoms with E-state index in [1.54, 1.807) is 27.7 Å². The second-order valence-corrected chi connectivity index (χ2v) is 3.96. The first kappa shape index (κ1) is 14.0. The van der Waals surface area contributed by atoms with Crippen LogP contribution in [0.5, 0.6) is 0 Å². The standard InChI is InChI=1S/C9H16ClNO4/c1-5-11(7(12)14-6-10)8(13)15-9(2,3)4/h5-6H2,1-4H3. The normalized spacial score (nSPS) is 10.7. The van der Waals surface area contributed by atoms with Crippen LogP contribution in [0.1, 0.15) is 27.7 Å². The fraction of sp³-hybridized carbons (Fsp3) is 0.778. The summed E-state index contributed by atoms with van der Waals surface area (Å²) in [7, 11) is 0. The number of imide groups is 1. The van der Waals surface area contributed by atoms with Gasteiger partial charge in [0.2, 0.25) is 0 Å². The quantitative estimate of drug-likeness (QED) is 0.693. The Bertz CT molecular complexity index is 237. The molecule has 88 valence electrons. The van der Waals surface area contributed by atoms with Gasteiger partial charge in [-0.05, 0) is 27.7 Å². The van der Waals surface area contributed by atoms with Crippen LogP contribution in [-0.2, 0) is 9.47 Å². The Kier molecular flexibility index (Phi) is 5.43. The van der Waals surface area contributed by atoms with Crippen molar-refractivity contribution in [2.75, 3.05) is 12.6 Å². The Morgan fingerprint density at radius 1 is 1.27 bits per heavy atom. The first-order valence-electron chi connectivity index (χ1n) is 4.55. The average Bonchev–Trinajstić information content (AvgIpc) is 2.02. The van der Waals surface area contributed by atoms with Crippen molar-refractivity contribution in [3.05, 3.63) is 0 Å². The van der Waals surface area contributed by atoms with Gasteiger partial charge in [-0.15, -0.1) is 0 Å². The van der Waals surface area contributed by atoms with Gasteiger partial charge in [0.05, 0.1) is 0 Å². The summed E-state index contributed by atoms with van der Waals surface area (Å²) < 4.78 is 9.48. The van der Waals surface area contributed by atoms with Gasteiger partial charge in [0.25, 0.3) is 0 Å². The molecule has 0 N–H and O–H groups in total. The van der Waals surface area contributed by atoms with Crippen molar-refractivity contribution in [2.45, 2.75) is 33.3 Å². The van der Waals surface area contributed by atoms with E-state index in [0.29, 0.717) is 0 Å². The van der Waals surface area contributed by atoms with Crippen LogP contribution in [0.2, 0.25) is 0 Å². The zero-order valence-corrected chi connectivity index (χ0v) is 10.1. The summed E-state index contributed by atoms with van der Waals surface area (Å²) in [6.45, 7) is 6.95. The first-order chi connectivity index (χ1) is 6.81. The maximum atomic E-state index is 11.5. The summed E-state index contributed by atoms with van der Waals surface area (Å²) in [5.41, 5.74) is -0.647. The smallest absolute Gasteiger partial charge is 0.420 e. The molecule has 0 unspecified atom stereocenters. The summed E-state index contributed by atoms with van der Waals surface area (Å²) in [6.07, 6.45) is -1.54. The second-order valence-electron chi connectivity index (χ2n) is 3.74. The Morgan fingerprint density at radius 2 is 1.80 bits per heavy atom. The van der Waals surface area contributed by atoms with Crippen LogP contribution in [0.15, 0.2) is 0 Å². The number of halogens is 1. The van der Waals surface area contributed by atoms with Gasteiger partial charge >= 0.3 is 12.2 Å². The van der Waals surface area contributed by atoms with Crippen LogP contribution in [-0.4, -0.2) is 35.3 Å². The third-order valence-electron chi connectivity index (χ3n) is 1.33. The van der Waals surface area contributed by atoms with Gasteiger partial charge in [0.1, 0.15) is 5.60 Å². The largest absolute Gasteiger partial charge is 0.443 e. The Labute approximate surface area is 94.3 Å². The highest BCUT2D eigenvalue weighted by molar-refractivity contribution is 6.17. The van der Waals surface area contributed by atoms with E-state index < -0.39 is 17.8 Å². The van der Waals surface area contributed by atoms with Crippen LogP contribution in [0, 0.1) is 0 Å². The molecule has 0 saturated carbocycles. The molecule has 0 heterocycles. The van der Waals surface area contributed by atoms with E-state index in [9.17, 15) is 9.59 Å². The highest BCUT2D eigenvalue weighted by Crippen LogP contribution is 2.10. The molecule has 0 radical (unpaired) electrons. The third kappa shape index (κ3) is 5.47. The minimum absolute atomic E-state index is 0.171. The summed E-state index contributed by atoms with van der Waals surface area (Å²) in [6, 6.07) is -0.294. The summed E-state index contributed by atoms with van der Waals surface area (Å²) in [5.74, 6) is 0. The maximum Gasteiger partial charge on any atom is 0.420 e. The van der Waals surface area contributed by atoms with Crippen molar-refractivity contribution < 1.29 is 19.1 Å². The van der Waals surface area contributed by atoms with Crippen LogP contribution in [0.3, 0.4) is 0 Å². The molecule has 2 amide bonds. The summed E-state index contributed by atoms with van der Waals surface area (Å²) >= 11 is 5.21. The lowest BCUT2D eigenvalue weighted by atomic mass is 10.2. The van der Waals surface area contributed by atoms with E-state index in [1.165, 1.54) is 0 Å². The number of rotatable bonds is 2. The number of nitrogens with zero attached hydrogens (tertiary/aromatic N) is 1. The number of amides is 2. The lowest BCUT2D eigenvalue weighted by Gasteiger charge is -2.24. The SMILES string of the molecule is CCN(C(=O)OCCl)C(=O)OC(C)(C)C. The van der Waals surface area contributed by atoms with Crippen molar-refractivity contribution in [2.24, 2.45) is 0 Å². The minimum atomic E-state index is -0.804. The van der Waals surface area contributed by atoms with Gasteiger partial charge in [-0.1, -0.05) is 11.6 Å². The lowest BCUT2D eigenvalue weighted by molar-refractivity contribution is 0.0249. The molecule has 15 heavy (non-hydrogen) atoms.